The van der Waals surface area contributed by atoms with Gasteiger partial charge in [0, 0.05) is 30.1 Å². The fraction of sp³-hybridized carbons (Fsp3) is 0.235. The van der Waals surface area contributed by atoms with Gasteiger partial charge in [0.1, 0.15) is 0 Å². The first kappa shape index (κ1) is 19.1. The molecule has 1 aromatic heterocycles. The molecule has 0 fully saturated rings. The number of anilines is 1. The van der Waals surface area contributed by atoms with Crippen LogP contribution in [0, 0.1) is 11.6 Å². The van der Waals surface area contributed by atoms with E-state index < -0.39 is 23.6 Å². The molecule has 0 bridgehead atoms. The van der Waals surface area contributed by atoms with Crippen LogP contribution in [0.1, 0.15) is 12.5 Å². The summed E-state index contributed by atoms with van der Waals surface area (Å²) in [5.74, 6) is -2.24. The average Bonchev–Trinajstić information content (AvgIpc) is 2.62. The van der Waals surface area contributed by atoms with Crippen LogP contribution in [0.5, 0.6) is 5.88 Å². The van der Waals surface area contributed by atoms with Crippen molar-refractivity contribution in [2.45, 2.75) is 13.5 Å². The zero-order valence-corrected chi connectivity index (χ0v) is 14.0. The van der Waals surface area contributed by atoms with E-state index in [-0.39, 0.29) is 18.8 Å². The maximum Gasteiger partial charge on any atom is 0.315 e. The molecule has 0 atom stereocenters. The third-order valence-corrected chi connectivity index (χ3v) is 3.18. The summed E-state index contributed by atoms with van der Waals surface area (Å²) < 4.78 is 31.2. The Labute approximate surface area is 148 Å². The number of carbonyl (C=O) groups excluding carboxylic acids is 2. The first-order valence-electron chi connectivity index (χ1n) is 7.83. The smallest absolute Gasteiger partial charge is 0.315 e. The molecule has 0 radical (unpaired) electrons. The lowest BCUT2D eigenvalue weighted by molar-refractivity contribution is -0.115. The van der Waals surface area contributed by atoms with Gasteiger partial charge in [-0.3, -0.25) is 4.79 Å². The minimum atomic E-state index is -1.07. The maximum absolute atomic E-state index is 13.1. The number of rotatable bonds is 7. The fourth-order valence-corrected chi connectivity index (χ4v) is 2.00. The summed E-state index contributed by atoms with van der Waals surface area (Å²) in [6, 6.07) is 5.87. The lowest BCUT2D eigenvalue weighted by atomic mass is 10.2. The number of carbonyl (C=O) groups is 2. The standard InChI is InChI=1S/C17H18F2N4O3/c1-2-26-16-11(4-3-7-20-16)9-21-17(25)22-10-15(24)23-12-5-6-13(18)14(19)8-12/h3-8H,2,9-10H2,1H3,(H,23,24)(H2,21,22,25). The fourth-order valence-electron chi connectivity index (χ4n) is 2.00. The van der Waals surface area contributed by atoms with Crippen molar-refractivity contribution in [3.05, 3.63) is 53.7 Å². The first-order chi connectivity index (χ1) is 12.5. The number of aromatic nitrogens is 1. The molecular weight excluding hydrogens is 346 g/mol. The van der Waals surface area contributed by atoms with E-state index in [0.29, 0.717) is 18.1 Å². The zero-order valence-electron chi connectivity index (χ0n) is 14.0. The molecule has 3 N–H and O–H groups in total. The molecule has 0 saturated carbocycles. The predicted molar refractivity (Wildman–Crippen MR) is 90.6 cm³/mol. The summed E-state index contributed by atoms with van der Waals surface area (Å²) in [4.78, 5) is 27.6. The van der Waals surface area contributed by atoms with Crippen LogP contribution in [0.25, 0.3) is 0 Å². The molecule has 0 aliphatic rings. The highest BCUT2D eigenvalue weighted by atomic mass is 19.2. The maximum atomic E-state index is 13.1. The summed E-state index contributed by atoms with van der Waals surface area (Å²) in [5.41, 5.74) is 0.781. The Hall–Kier alpha value is -3.23. The molecule has 138 valence electrons. The van der Waals surface area contributed by atoms with Gasteiger partial charge >= 0.3 is 6.03 Å². The number of halogens is 2. The molecule has 9 heteroatoms. The Morgan fingerprint density at radius 2 is 1.96 bits per heavy atom. The largest absolute Gasteiger partial charge is 0.478 e. The lowest BCUT2D eigenvalue weighted by Crippen LogP contribution is -2.39. The quantitative estimate of drug-likeness (QED) is 0.702. The molecule has 1 heterocycles. The number of hydrogen-bond acceptors (Lipinski definition) is 4. The van der Waals surface area contributed by atoms with E-state index in [2.05, 4.69) is 20.9 Å². The molecule has 2 rings (SSSR count). The van der Waals surface area contributed by atoms with Crippen molar-refractivity contribution in [3.8, 4) is 5.88 Å². The van der Waals surface area contributed by atoms with Crippen LogP contribution in [-0.4, -0.2) is 30.1 Å². The van der Waals surface area contributed by atoms with E-state index in [0.717, 1.165) is 12.1 Å². The molecule has 3 amide bonds. The molecular formula is C17H18F2N4O3. The van der Waals surface area contributed by atoms with Crippen molar-refractivity contribution in [3.63, 3.8) is 0 Å². The van der Waals surface area contributed by atoms with E-state index in [1.165, 1.54) is 6.07 Å². The average molecular weight is 364 g/mol. The SMILES string of the molecule is CCOc1ncccc1CNC(=O)NCC(=O)Nc1ccc(F)c(F)c1. The summed E-state index contributed by atoms with van der Waals surface area (Å²) in [5, 5.41) is 7.28. The lowest BCUT2D eigenvalue weighted by Gasteiger charge is -2.11. The van der Waals surface area contributed by atoms with Crippen molar-refractivity contribution in [2.75, 3.05) is 18.5 Å². The van der Waals surface area contributed by atoms with E-state index in [4.69, 9.17) is 4.74 Å². The Balaban J connectivity index is 1.78. The van der Waals surface area contributed by atoms with Crippen LogP contribution in [0.4, 0.5) is 19.3 Å². The number of nitrogens with zero attached hydrogens (tertiary/aromatic N) is 1. The van der Waals surface area contributed by atoms with Crippen LogP contribution < -0.4 is 20.7 Å². The third kappa shape index (κ3) is 5.69. The molecule has 1 aromatic carbocycles. The molecule has 0 aliphatic heterocycles. The van der Waals surface area contributed by atoms with Gasteiger partial charge in [0.2, 0.25) is 11.8 Å². The molecule has 0 spiro atoms. The summed E-state index contributed by atoms with van der Waals surface area (Å²) >= 11 is 0. The Morgan fingerprint density at radius 1 is 1.15 bits per heavy atom. The summed E-state index contributed by atoms with van der Waals surface area (Å²) in [6.45, 7) is 2.10. The van der Waals surface area contributed by atoms with Gasteiger partial charge in [0.15, 0.2) is 11.6 Å². The molecule has 0 unspecified atom stereocenters. The number of pyridine rings is 1. The Bertz CT molecular complexity index is 786. The Morgan fingerprint density at radius 3 is 2.69 bits per heavy atom. The summed E-state index contributed by atoms with van der Waals surface area (Å²) in [7, 11) is 0. The minimum Gasteiger partial charge on any atom is -0.478 e. The van der Waals surface area contributed by atoms with Crippen LogP contribution in [0.2, 0.25) is 0 Å². The number of hydrogen-bond donors (Lipinski definition) is 3. The van der Waals surface area contributed by atoms with Gasteiger partial charge < -0.3 is 20.7 Å². The van der Waals surface area contributed by atoms with Crippen molar-refractivity contribution in [2.24, 2.45) is 0 Å². The van der Waals surface area contributed by atoms with Gasteiger partial charge in [-0.25, -0.2) is 18.6 Å². The number of ether oxygens (including phenoxy) is 1. The van der Waals surface area contributed by atoms with E-state index in [9.17, 15) is 18.4 Å². The van der Waals surface area contributed by atoms with Crippen molar-refractivity contribution in [1.82, 2.24) is 15.6 Å². The second-order valence-corrected chi connectivity index (χ2v) is 5.11. The second-order valence-electron chi connectivity index (χ2n) is 5.11. The number of benzene rings is 1. The number of urea groups is 1. The van der Waals surface area contributed by atoms with E-state index in [1.807, 2.05) is 6.92 Å². The molecule has 0 aliphatic carbocycles. The molecule has 0 saturated heterocycles. The van der Waals surface area contributed by atoms with Crippen molar-refractivity contribution >= 4 is 17.6 Å². The summed E-state index contributed by atoms with van der Waals surface area (Å²) in [6.07, 6.45) is 1.58. The first-order valence-corrected chi connectivity index (χ1v) is 7.83. The van der Waals surface area contributed by atoms with Crippen LogP contribution >= 0.6 is 0 Å². The van der Waals surface area contributed by atoms with Gasteiger partial charge in [-0.2, -0.15) is 0 Å². The van der Waals surface area contributed by atoms with Gasteiger partial charge in [0.05, 0.1) is 13.2 Å². The second kappa shape index (κ2) is 9.30. The molecule has 7 nitrogen and oxygen atoms in total. The van der Waals surface area contributed by atoms with Crippen molar-refractivity contribution in [1.29, 1.82) is 0 Å². The van der Waals surface area contributed by atoms with Gasteiger partial charge in [-0.05, 0) is 25.1 Å². The highest BCUT2D eigenvalue weighted by Gasteiger charge is 2.09. The predicted octanol–water partition coefficient (Wildman–Crippen LogP) is 2.20. The monoisotopic (exact) mass is 364 g/mol. The van der Waals surface area contributed by atoms with Crippen molar-refractivity contribution < 1.29 is 23.1 Å². The normalized spacial score (nSPS) is 10.1. The van der Waals surface area contributed by atoms with Crippen LogP contribution in [-0.2, 0) is 11.3 Å². The number of nitrogens with one attached hydrogen (secondary N) is 3. The Kier molecular flexibility index (Phi) is 6.84. The minimum absolute atomic E-state index is 0.0906. The molecule has 2 aromatic rings. The highest BCUT2D eigenvalue weighted by Crippen LogP contribution is 2.14. The van der Waals surface area contributed by atoms with Crippen LogP contribution in [0.15, 0.2) is 36.5 Å². The zero-order chi connectivity index (χ0) is 18.9. The van der Waals surface area contributed by atoms with E-state index >= 15 is 0 Å². The number of amides is 3. The van der Waals surface area contributed by atoms with Gasteiger partial charge in [-0.15, -0.1) is 0 Å². The van der Waals surface area contributed by atoms with E-state index in [1.54, 1.807) is 18.3 Å². The van der Waals surface area contributed by atoms with Gasteiger partial charge in [-0.1, -0.05) is 6.07 Å². The topological polar surface area (TPSA) is 92.3 Å². The van der Waals surface area contributed by atoms with Gasteiger partial charge in [0.25, 0.3) is 0 Å². The third-order valence-electron chi connectivity index (χ3n) is 3.18. The molecule has 26 heavy (non-hydrogen) atoms. The highest BCUT2D eigenvalue weighted by molar-refractivity contribution is 5.94. The van der Waals surface area contributed by atoms with Crippen LogP contribution in [0.3, 0.4) is 0 Å².